The molecular formula is C16H17N3S. The second kappa shape index (κ2) is 5.21. The van der Waals surface area contributed by atoms with Gasteiger partial charge < -0.3 is 9.30 Å². The van der Waals surface area contributed by atoms with E-state index >= 15 is 0 Å². The predicted octanol–water partition coefficient (Wildman–Crippen LogP) is 3.79. The number of nitrogens with zero attached hydrogens (tertiary/aromatic N) is 3. The molecule has 0 spiro atoms. The summed E-state index contributed by atoms with van der Waals surface area (Å²) in [6.07, 6.45) is 6.28. The second-order valence-electron chi connectivity index (χ2n) is 4.90. The fourth-order valence-electron chi connectivity index (χ4n) is 2.16. The Morgan fingerprint density at radius 2 is 1.75 bits per heavy atom. The molecule has 1 aromatic carbocycles. The summed E-state index contributed by atoms with van der Waals surface area (Å²) in [5.74, 6) is 0. The Kier molecular flexibility index (Phi) is 3.40. The first-order valence-electron chi connectivity index (χ1n) is 6.48. The summed E-state index contributed by atoms with van der Waals surface area (Å²) in [4.78, 5) is 8.01. The van der Waals surface area contributed by atoms with Crippen LogP contribution in [0.15, 0.2) is 53.7 Å². The fourth-order valence-corrected chi connectivity index (χ4v) is 2.58. The second-order valence-corrected chi connectivity index (χ2v) is 5.78. The first-order chi connectivity index (χ1) is 9.67. The van der Waals surface area contributed by atoms with Crippen LogP contribution in [0.5, 0.6) is 0 Å². The van der Waals surface area contributed by atoms with Crippen molar-refractivity contribution in [2.75, 3.05) is 25.3 Å². The summed E-state index contributed by atoms with van der Waals surface area (Å²) in [6.45, 7) is 0. The summed E-state index contributed by atoms with van der Waals surface area (Å²) in [5.41, 5.74) is 4.33. The Bertz CT molecular complexity index is 729. The molecule has 3 aromatic rings. The van der Waals surface area contributed by atoms with Crippen molar-refractivity contribution in [2.24, 2.45) is 0 Å². The van der Waals surface area contributed by atoms with Crippen molar-refractivity contribution in [3.63, 3.8) is 0 Å². The largest absolute Gasteiger partial charge is 0.378 e. The summed E-state index contributed by atoms with van der Waals surface area (Å²) in [7, 11) is 4.09. The molecule has 3 nitrogen and oxygen atoms in total. The van der Waals surface area contributed by atoms with E-state index in [1.165, 1.54) is 10.6 Å². The number of rotatable bonds is 3. The van der Waals surface area contributed by atoms with Crippen LogP contribution in [0.25, 0.3) is 16.9 Å². The van der Waals surface area contributed by atoms with E-state index < -0.39 is 0 Å². The molecule has 20 heavy (non-hydrogen) atoms. The maximum atomic E-state index is 4.67. The van der Waals surface area contributed by atoms with Crippen molar-refractivity contribution in [3.05, 3.63) is 48.8 Å². The molecule has 0 aliphatic rings. The van der Waals surface area contributed by atoms with Gasteiger partial charge in [0, 0.05) is 42.6 Å². The van der Waals surface area contributed by atoms with Gasteiger partial charge in [-0.2, -0.15) is 0 Å². The summed E-state index contributed by atoms with van der Waals surface area (Å²) >= 11 is 1.74. The van der Waals surface area contributed by atoms with E-state index in [1.54, 1.807) is 11.8 Å². The van der Waals surface area contributed by atoms with Crippen molar-refractivity contribution in [2.45, 2.75) is 4.90 Å². The van der Waals surface area contributed by atoms with Gasteiger partial charge in [0.2, 0.25) is 0 Å². The van der Waals surface area contributed by atoms with Crippen molar-refractivity contribution < 1.29 is 0 Å². The topological polar surface area (TPSA) is 20.5 Å². The molecule has 0 unspecified atom stereocenters. The van der Waals surface area contributed by atoms with E-state index in [0.29, 0.717) is 0 Å². The molecule has 0 atom stereocenters. The molecule has 3 rings (SSSR count). The Balaban J connectivity index is 2.01. The molecule has 0 amide bonds. The highest BCUT2D eigenvalue weighted by atomic mass is 32.2. The van der Waals surface area contributed by atoms with E-state index in [-0.39, 0.29) is 0 Å². The lowest BCUT2D eigenvalue weighted by atomic mass is 10.1. The van der Waals surface area contributed by atoms with E-state index in [2.05, 4.69) is 69.3 Å². The first kappa shape index (κ1) is 13.1. The molecule has 4 heteroatoms. The Morgan fingerprint density at radius 1 is 1.00 bits per heavy atom. The first-order valence-corrected chi connectivity index (χ1v) is 7.70. The number of thioether (sulfide) groups is 1. The van der Waals surface area contributed by atoms with Gasteiger partial charge in [-0.15, -0.1) is 11.8 Å². The van der Waals surface area contributed by atoms with E-state index in [4.69, 9.17) is 0 Å². The van der Waals surface area contributed by atoms with Crippen molar-refractivity contribution >= 4 is 23.1 Å². The lowest BCUT2D eigenvalue weighted by molar-refractivity contribution is 1.13. The van der Waals surface area contributed by atoms with Gasteiger partial charge in [-0.25, -0.2) is 4.98 Å². The third-order valence-corrected chi connectivity index (χ3v) is 4.05. The lowest BCUT2D eigenvalue weighted by Gasteiger charge is -2.12. The molecule has 0 fully saturated rings. The normalized spacial score (nSPS) is 10.9. The molecule has 0 aliphatic carbocycles. The number of anilines is 1. The van der Waals surface area contributed by atoms with E-state index in [1.807, 2.05) is 14.1 Å². The smallest absolute Gasteiger partial charge is 0.137 e. The lowest BCUT2D eigenvalue weighted by Crippen LogP contribution is -2.07. The van der Waals surface area contributed by atoms with Gasteiger partial charge in [0.05, 0.1) is 5.69 Å². The van der Waals surface area contributed by atoms with Gasteiger partial charge in [0.15, 0.2) is 0 Å². The zero-order chi connectivity index (χ0) is 14.1. The van der Waals surface area contributed by atoms with Crippen LogP contribution < -0.4 is 4.90 Å². The van der Waals surface area contributed by atoms with Crippen LogP contribution >= 0.6 is 11.8 Å². The number of hydrogen-bond donors (Lipinski definition) is 0. The number of hydrogen-bond acceptors (Lipinski definition) is 3. The fraction of sp³-hybridized carbons (Fsp3) is 0.188. The van der Waals surface area contributed by atoms with E-state index in [0.717, 1.165) is 16.9 Å². The molecule has 0 saturated heterocycles. The molecule has 102 valence electrons. The zero-order valence-electron chi connectivity index (χ0n) is 11.9. The molecule has 0 aliphatic heterocycles. The zero-order valence-corrected chi connectivity index (χ0v) is 12.7. The average Bonchev–Trinajstić information content (AvgIpc) is 2.90. The Hall–Kier alpha value is -1.94. The third kappa shape index (κ3) is 2.39. The Morgan fingerprint density at radius 3 is 2.40 bits per heavy atom. The van der Waals surface area contributed by atoms with Crippen LogP contribution in [0, 0.1) is 0 Å². The molecule has 2 heterocycles. The van der Waals surface area contributed by atoms with Gasteiger partial charge >= 0.3 is 0 Å². The van der Waals surface area contributed by atoms with Gasteiger partial charge in [-0.1, -0.05) is 12.1 Å². The molecule has 2 aromatic heterocycles. The third-order valence-electron chi connectivity index (χ3n) is 3.34. The Labute approximate surface area is 123 Å². The number of aromatic nitrogens is 2. The summed E-state index contributed by atoms with van der Waals surface area (Å²) in [6, 6.07) is 12.6. The van der Waals surface area contributed by atoms with Crippen LogP contribution in [0.3, 0.4) is 0 Å². The number of benzene rings is 1. The number of pyridine rings is 1. The van der Waals surface area contributed by atoms with Crippen molar-refractivity contribution in [1.29, 1.82) is 0 Å². The molecule has 0 saturated carbocycles. The molecule has 0 radical (unpaired) electrons. The monoisotopic (exact) mass is 282 g/mol. The van der Waals surface area contributed by atoms with Gasteiger partial charge in [-0.3, -0.25) is 0 Å². The molecule has 0 bridgehead atoms. The van der Waals surface area contributed by atoms with Gasteiger partial charge in [0.1, 0.15) is 5.65 Å². The maximum absolute atomic E-state index is 4.67. The maximum Gasteiger partial charge on any atom is 0.137 e. The highest BCUT2D eigenvalue weighted by molar-refractivity contribution is 7.98. The van der Waals surface area contributed by atoms with Gasteiger partial charge in [-0.05, 0) is 30.5 Å². The van der Waals surface area contributed by atoms with Gasteiger partial charge in [0.25, 0.3) is 0 Å². The van der Waals surface area contributed by atoms with Crippen LogP contribution in [-0.4, -0.2) is 29.7 Å². The minimum absolute atomic E-state index is 0.981. The van der Waals surface area contributed by atoms with Crippen LogP contribution in [0.4, 0.5) is 5.69 Å². The van der Waals surface area contributed by atoms with Crippen LogP contribution in [0.2, 0.25) is 0 Å². The SMILES string of the molecule is CSc1ccc2nc(-c3ccc(N(C)[11CH3])cc3)cn2c1. The molecule has 0 N–H and O–H groups in total. The highest BCUT2D eigenvalue weighted by Gasteiger charge is 2.05. The standard InChI is InChI=1S/C16H17N3S/c1-18(2)13-6-4-12(5-7-13)15-11-19-10-14(20-3)8-9-16(19)17-15/h4-11H,1-3H3/i1-1. The van der Waals surface area contributed by atoms with E-state index in [9.17, 15) is 0 Å². The summed E-state index contributed by atoms with van der Waals surface area (Å²) in [5, 5.41) is 0. The van der Waals surface area contributed by atoms with Crippen molar-refractivity contribution in [1.82, 2.24) is 9.38 Å². The van der Waals surface area contributed by atoms with Crippen LogP contribution in [0.1, 0.15) is 0 Å². The minimum Gasteiger partial charge on any atom is -0.378 e. The average molecular weight is 282 g/mol. The highest BCUT2D eigenvalue weighted by Crippen LogP contribution is 2.23. The minimum atomic E-state index is 0.981. The summed E-state index contributed by atoms with van der Waals surface area (Å²) < 4.78 is 2.08. The van der Waals surface area contributed by atoms with Crippen molar-refractivity contribution in [3.8, 4) is 11.3 Å². The quantitative estimate of drug-likeness (QED) is 0.682. The van der Waals surface area contributed by atoms with Crippen LogP contribution in [-0.2, 0) is 0 Å². The molecular weight excluding hydrogens is 265 g/mol. The number of fused-ring (bicyclic) bond motifs is 1. The predicted molar refractivity (Wildman–Crippen MR) is 86.7 cm³/mol. The number of imidazole rings is 1.